The Balaban J connectivity index is 2.02. The summed E-state index contributed by atoms with van der Waals surface area (Å²) in [4.78, 5) is 25.9. The summed E-state index contributed by atoms with van der Waals surface area (Å²) >= 11 is 0. The second-order valence-corrected chi connectivity index (χ2v) is 5.57. The number of aromatic hydroxyl groups is 1. The van der Waals surface area contributed by atoms with Gasteiger partial charge in [0.25, 0.3) is 5.91 Å². The molecule has 2 N–H and O–H groups in total. The molecule has 2 aromatic rings. The summed E-state index contributed by atoms with van der Waals surface area (Å²) in [5, 5.41) is 19.6. The number of ether oxygens (including phenoxy) is 1. The standard InChI is InChI=1S/C18H17NO5/c1-24-12-6-7-15(20)14(10-12)17(21)19-9-8-11-4-2-3-5-13(11)16(19)18(22)23/h2-7,10,16,20H,8-9H2,1H3,(H,22,23)/t16-/m1/s1. The van der Waals surface area contributed by atoms with Crippen molar-refractivity contribution in [2.45, 2.75) is 12.5 Å². The lowest BCUT2D eigenvalue weighted by Gasteiger charge is -2.35. The molecular formula is C18H17NO5. The number of carbonyl (C=O) groups excluding carboxylic acids is 1. The van der Waals surface area contributed by atoms with E-state index in [1.165, 1.54) is 30.2 Å². The van der Waals surface area contributed by atoms with Crippen molar-refractivity contribution in [3.63, 3.8) is 0 Å². The van der Waals surface area contributed by atoms with E-state index >= 15 is 0 Å². The largest absolute Gasteiger partial charge is 0.507 e. The minimum absolute atomic E-state index is 0.0278. The molecule has 0 saturated heterocycles. The summed E-state index contributed by atoms with van der Waals surface area (Å²) < 4.78 is 5.08. The molecule has 0 unspecified atom stereocenters. The third-order valence-corrected chi connectivity index (χ3v) is 4.21. The number of amides is 1. The number of hydrogen-bond donors (Lipinski definition) is 2. The molecule has 3 rings (SSSR count). The van der Waals surface area contributed by atoms with Crippen molar-refractivity contribution in [2.75, 3.05) is 13.7 Å². The number of hydrogen-bond acceptors (Lipinski definition) is 4. The molecule has 0 fully saturated rings. The van der Waals surface area contributed by atoms with E-state index in [1.807, 2.05) is 12.1 Å². The fourth-order valence-electron chi connectivity index (χ4n) is 3.02. The van der Waals surface area contributed by atoms with Crippen molar-refractivity contribution < 1.29 is 24.5 Å². The average molecular weight is 327 g/mol. The van der Waals surface area contributed by atoms with Crippen LogP contribution < -0.4 is 4.74 Å². The van der Waals surface area contributed by atoms with Crippen molar-refractivity contribution in [1.29, 1.82) is 0 Å². The predicted octanol–water partition coefficient (Wildman–Crippen LogP) is 2.22. The van der Waals surface area contributed by atoms with E-state index in [4.69, 9.17) is 4.74 Å². The van der Waals surface area contributed by atoms with Crippen LogP contribution >= 0.6 is 0 Å². The van der Waals surface area contributed by atoms with Crippen LogP contribution in [-0.4, -0.2) is 40.6 Å². The molecule has 24 heavy (non-hydrogen) atoms. The van der Waals surface area contributed by atoms with Crippen LogP contribution in [0.15, 0.2) is 42.5 Å². The number of carboxylic acids is 1. The van der Waals surface area contributed by atoms with Crippen molar-refractivity contribution in [1.82, 2.24) is 4.90 Å². The van der Waals surface area contributed by atoms with E-state index in [9.17, 15) is 19.8 Å². The molecule has 0 saturated carbocycles. The van der Waals surface area contributed by atoms with Gasteiger partial charge in [-0.25, -0.2) is 4.79 Å². The number of carbonyl (C=O) groups is 2. The topological polar surface area (TPSA) is 87.1 Å². The molecule has 0 radical (unpaired) electrons. The van der Waals surface area contributed by atoms with E-state index in [1.54, 1.807) is 12.1 Å². The highest BCUT2D eigenvalue weighted by Crippen LogP contribution is 2.33. The first-order valence-corrected chi connectivity index (χ1v) is 7.51. The molecule has 0 aliphatic carbocycles. The van der Waals surface area contributed by atoms with Crippen molar-refractivity contribution >= 4 is 11.9 Å². The summed E-state index contributed by atoms with van der Waals surface area (Å²) in [5.41, 5.74) is 1.55. The number of methoxy groups -OCH3 is 1. The van der Waals surface area contributed by atoms with Crippen molar-refractivity contribution in [2.24, 2.45) is 0 Å². The van der Waals surface area contributed by atoms with Gasteiger partial charge in [0.15, 0.2) is 6.04 Å². The fraction of sp³-hybridized carbons (Fsp3) is 0.222. The lowest BCUT2D eigenvalue weighted by molar-refractivity contribution is -0.143. The van der Waals surface area contributed by atoms with Crippen molar-refractivity contribution in [3.05, 3.63) is 59.2 Å². The molecular weight excluding hydrogens is 310 g/mol. The van der Waals surface area contributed by atoms with Crippen LogP contribution in [0.1, 0.15) is 27.5 Å². The normalized spacial score (nSPS) is 16.4. The van der Waals surface area contributed by atoms with Gasteiger partial charge in [-0.05, 0) is 35.7 Å². The SMILES string of the molecule is COc1ccc(O)c(C(=O)N2CCc3ccccc3[C@@H]2C(=O)O)c1. The van der Waals surface area contributed by atoms with E-state index in [2.05, 4.69) is 0 Å². The maximum Gasteiger partial charge on any atom is 0.331 e. The highest BCUT2D eigenvalue weighted by molar-refractivity contribution is 5.99. The summed E-state index contributed by atoms with van der Waals surface area (Å²) in [5.74, 6) is -1.42. The quantitative estimate of drug-likeness (QED) is 0.902. The Morgan fingerprint density at radius 2 is 1.96 bits per heavy atom. The molecule has 1 aliphatic heterocycles. The Labute approximate surface area is 138 Å². The molecule has 0 bridgehead atoms. The first-order valence-electron chi connectivity index (χ1n) is 7.51. The lowest BCUT2D eigenvalue weighted by Crippen LogP contribution is -2.43. The van der Waals surface area contributed by atoms with Gasteiger partial charge in [0.2, 0.25) is 0 Å². The minimum Gasteiger partial charge on any atom is -0.507 e. The summed E-state index contributed by atoms with van der Waals surface area (Å²) in [7, 11) is 1.46. The first-order chi connectivity index (χ1) is 11.5. The average Bonchev–Trinajstić information content (AvgIpc) is 2.60. The second-order valence-electron chi connectivity index (χ2n) is 5.57. The Morgan fingerprint density at radius 1 is 1.21 bits per heavy atom. The maximum absolute atomic E-state index is 12.9. The Bertz CT molecular complexity index is 802. The maximum atomic E-state index is 12.9. The van der Waals surface area contributed by atoms with E-state index in [0.717, 1.165) is 5.56 Å². The first kappa shape index (κ1) is 15.9. The van der Waals surface area contributed by atoms with Crippen LogP contribution in [0.25, 0.3) is 0 Å². The molecule has 6 nitrogen and oxygen atoms in total. The fourth-order valence-corrected chi connectivity index (χ4v) is 3.02. The van der Waals surface area contributed by atoms with Gasteiger partial charge < -0.3 is 19.8 Å². The number of fused-ring (bicyclic) bond motifs is 1. The van der Waals surface area contributed by atoms with Crippen LogP contribution in [0, 0.1) is 0 Å². The number of aliphatic carboxylic acids is 1. The molecule has 1 heterocycles. The van der Waals surface area contributed by atoms with Crippen LogP contribution in [0.2, 0.25) is 0 Å². The molecule has 0 aromatic heterocycles. The van der Waals surface area contributed by atoms with Crippen LogP contribution in [0.3, 0.4) is 0 Å². The van der Waals surface area contributed by atoms with Gasteiger partial charge in [0.1, 0.15) is 11.5 Å². The minimum atomic E-state index is -1.10. The summed E-state index contributed by atoms with van der Waals surface area (Å²) in [6, 6.07) is 10.4. The molecule has 124 valence electrons. The van der Waals surface area contributed by atoms with Crippen molar-refractivity contribution in [3.8, 4) is 11.5 Å². The van der Waals surface area contributed by atoms with Gasteiger partial charge in [-0.3, -0.25) is 4.79 Å². The van der Waals surface area contributed by atoms with Gasteiger partial charge in [0.05, 0.1) is 12.7 Å². The van der Waals surface area contributed by atoms with Gasteiger partial charge in [0, 0.05) is 6.54 Å². The van der Waals surface area contributed by atoms with Crippen LogP contribution in [0.4, 0.5) is 0 Å². The van der Waals surface area contributed by atoms with E-state index in [0.29, 0.717) is 17.7 Å². The Hall–Kier alpha value is -3.02. The third kappa shape index (κ3) is 2.67. The number of phenols is 1. The molecule has 1 amide bonds. The molecule has 0 spiro atoms. The Morgan fingerprint density at radius 3 is 2.67 bits per heavy atom. The van der Waals surface area contributed by atoms with E-state index in [-0.39, 0.29) is 17.9 Å². The summed E-state index contributed by atoms with van der Waals surface area (Å²) in [6.07, 6.45) is 0.566. The molecule has 6 heteroatoms. The van der Waals surface area contributed by atoms with Gasteiger partial charge in [-0.2, -0.15) is 0 Å². The molecule has 1 atom stereocenters. The van der Waals surface area contributed by atoms with Crippen LogP contribution in [-0.2, 0) is 11.2 Å². The zero-order valence-corrected chi connectivity index (χ0v) is 13.1. The number of rotatable bonds is 3. The van der Waals surface area contributed by atoms with Gasteiger partial charge in [-0.1, -0.05) is 24.3 Å². The number of carboxylic acid groups (broad SMARTS) is 1. The molecule has 1 aliphatic rings. The molecule has 2 aromatic carbocycles. The highest BCUT2D eigenvalue weighted by Gasteiger charge is 2.36. The van der Waals surface area contributed by atoms with Crippen LogP contribution in [0.5, 0.6) is 11.5 Å². The Kier molecular flexibility index (Phi) is 4.12. The number of nitrogens with zero attached hydrogens (tertiary/aromatic N) is 1. The number of benzene rings is 2. The zero-order valence-electron chi connectivity index (χ0n) is 13.1. The number of phenolic OH excluding ortho intramolecular Hbond substituents is 1. The lowest BCUT2D eigenvalue weighted by atomic mass is 9.92. The predicted molar refractivity (Wildman–Crippen MR) is 86.2 cm³/mol. The highest BCUT2D eigenvalue weighted by atomic mass is 16.5. The monoisotopic (exact) mass is 327 g/mol. The third-order valence-electron chi connectivity index (χ3n) is 4.21. The van der Waals surface area contributed by atoms with E-state index < -0.39 is 17.9 Å². The van der Waals surface area contributed by atoms with Gasteiger partial charge in [-0.15, -0.1) is 0 Å². The zero-order chi connectivity index (χ0) is 17.3. The summed E-state index contributed by atoms with van der Waals surface area (Å²) in [6.45, 7) is 0.267. The second kappa shape index (κ2) is 6.23. The smallest absolute Gasteiger partial charge is 0.331 e. The van der Waals surface area contributed by atoms with Gasteiger partial charge >= 0.3 is 5.97 Å².